The number of piperidine rings is 1. The van der Waals surface area contributed by atoms with Gasteiger partial charge in [-0.3, -0.25) is 9.69 Å². The first-order valence-electron chi connectivity index (χ1n) is 13.4. The average molecular weight is 483 g/mol. The lowest BCUT2D eigenvalue weighted by Crippen LogP contribution is -2.56. The predicted molar refractivity (Wildman–Crippen MR) is 129 cm³/mol. The van der Waals surface area contributed by atoms with Crippen molar-refractivity contribution in [3.63, 3.8) is 0 Å². The Kier molecular flexibility index (Phi) is 6.25. The molecule has 3 aliphatic heterocycles. The van der Waals surface area contributed by atoms with Crippen LogP contribution < -0.4 is 0 Å². The van der Waals surface area contributed by atoms with E-state index in [4.69, 9.17) is 4.52 Å². The van der Waals surface area contributed by atoms with Crippen LogP contribution in [0.1, 0.15) is 69.4 Å². The Morgan fingerprint density at radius 2 is 1.71 bits per heavy atom. The molecule has 1 aliphatic carbocycles. The summed E-state index contributed by atoms with van der Waals surface area (Å²) in [7, 11) is 0. The second kappa shape index (κ2) is 9.52. The van der Waals surface area contributed by atoms with Gasteiger partial charge >= 0.3 is 6.03 Å². The van der Waals surface area contributed by atoms with Crippen LogP contribution in [0.15, 0.2) is 22.7 Å². The Morgan fingerprint density at radius 1 is 0.943 bits per heavy atom. The van der Waals surface area contributed by atoms with Crippen molar-refractivity contribution in [3.05, 3.63) is 29.7 Å². The molecular formula is C27H35FN4O3. The van der Waals surface area contributed by atoms with E-state index < -0.39 is 0 Å². The zero-order valence-corrected chi connectivity index (χ0v) is 20.3. The Bertz CT molecular complexity index is 1100. The molecule has 1 aromatic heterocycles. The van der Waals surface area contributed by atoms with Crippen LogP contribution in [-0.2, 0) is 4.79 Å². The lowest BCUT2D eigenvalue weighted by molar-refractivity contribution is -0.133. The quantitative estimate of drug-likeness (QED) is 0.614. The highest BCUT2D eigenvalue weighted by molar-refractivity contribution is 5.97. The number of hydrogen-bond acceptors (Lipinski definition) is 5. The zero-order valence-electron chi connectivity index (χ0n) is 20.3. The van der Waals surface area contributed by atoms with Crippen molar-refractivity contribution in [1.82, 2.24) is 19.9 Å². The highest BCUT2D eigenvalue weighted by Gasteiger charge is 2.42. The van der Waals surface area contributed by atoms with Crippen LogP contribution in [0.25, 0.3) is 11.0 Å². The molecule has 4 heterocycles. The molecule has 0 N–H and O–H groups in total. The number of urea groups is 1. The summed E-state index contributed by atoms with van der Waals surface area (Å²) in [5, 5.41) is 5.21. The van der Waals surface area contributed by atoms with Crippen LogP contribution >= 0.6 is 0 Å². The maximum Gasteiger partial charge on any atom is 0.326 e. The minimum Gasteiger partial charge on any atom is -0.356 e. The molecule has 8 heteroatoms. The first-order valence-corrected chi connectivity index (χ1v) is 13.4. The van der Waals surface area contributed by atoms with Crippen molar-refractivity contribution < 1.29 is 18.5 Å². The van der Waals surface area contributed by atoms with E-state index in [1.54, 1.807) is 11.0 Å². The van der Waals surface area contributed by atoms with E-state index in [0.29, 0.717) is 36.3 Å². The van der Waals surface area contributed by atoms with E-state index in [-0.39, 0.29) is 23.8 Å². The number of benzene rings is 1. The molecule has 4 fully saturated rings. The fraction of sp³-hybridized carbons (Fsp3) is 0.667. The zero-order chi connectivity index (χ0) is 23.9. The van der Waals surface area contributed by atoms with Crippen molar-refractivity contribution in [2.45, 2.75) is 69.7 Å². The third-order valence-electron chi connectivity index (χ3n) is 8.98. The third kappa shape index (κ3) is 4.46. The van der Waals surface area contributed by atoms with Crippen LogP contribution in [0.4, 0.5) is 9.18 Å². The first kappa shape index (κ1) is 23.0. The summed E-state index contributed by atoms with van der Waals surface area (Å²) < 4.78 is 18.9. The molecule has 0 radical (unpaired) electrons. The van der Waals surface area contributed by atoms with Crippen molar-refractivity contribution in [2.75, 3.05) is 32.7 Å². The molecule has 7 nitrogen and oxygen atoms in total. The van der Waals surface area contributed by atoms with Gasteiger partial charge in [0.15, 0.2) is 5.58 Å². The molecule has 3 saturated heterocycles. The van der Waals surface area contributed by atoms with Gasteiger partial charge < -0.3 is 14.3 Å². The Hall–Kier alpha value is -2.48. The summed E-state index contributed by atoms with van der Waals surface area (Å²) in [6.45, 7) is 4.42. The van der Waals surface area contributed by atoms with Gasteiger partial charge in [0.1, 0.15) is 5.82 Å². The molecule has 35 heavy (non-hydrogen) atoms. The maximum atomic E-state index is 13.5. The fourth-order valence-corrected chi connectivity index (χ4v) is 7.00. The van der Waals surface area contributed by atoms with Crippen LogP contribution in [0.2, 0.25) is 0 Å². The number of halogens is 1. The molecule has 6 rings (SSSR count). The number of imide groups is 1. The number of amides is 3. The van der Waals surface area contributed by atoms with Gasteiger partial charge in [0, 0.05) is 49.5 Å². The van der Waals surface area contributed by atoms with E-state index in [2.05, 4.69) is 10.1 Å². The molecule has 0 spiro atoms. The van der Waals surface area contributed by atoms with Gasteiger partial charge in [-0.05, 0) is 75.6 Å². The number of likely N-dealkylation sites (tertiary alicyclic amines) is 1. The van der Waals surface area contributed by atoms with E-state index in [0.717, 1.165) is 69.4 Å². The molecule has 188 valence electrons. The second-order valence-electron chi connectivity index (χ2n) is 11.1. The molecule has 3 unspecified atom stereocenters. The van der Waals surface area contributed by atoms with Gasteiger partial charge in [0.25, 0.3) is 0 Å². The Balaban J connectivity index is 1.07. The molecule has 2 aromatic rings. The number of nitrogens with zero attached hydrogens (tertiary/aromatic N) is 4. The summed E-state index contributed by atoms with van der Waals surface area (Å²) in [5.41, 5.74) is 1.48. The van der Waals surface area contributed by atoms with Crippen LogP contribution in [0, 0.1) is 17.7 Å². The van der Waals surface area contributed by atoms with Crippen molar-refractivity contribution >= 4 is 22.9 Å². The van der Waals surface area contributed by atoms with E-state index in [1.165, 1.54) is 31.4 Å². The SMILES string of the molecule is O=C1CC2CCCN2C(=O)N1CC1CCCCC1CN1CCC(c2noc3cc(F)ccc23)CC1. The normalized spacial score (nSPS) is 28.8. The van der Waals surface area contributed by atoms with E-state index in [9.17, 15) is 14.0 Å². The molecule has 0 bridgehead atoms. The van der Waals surface area contributed by atoms with Crippen molar-refractivity contribution in [1.29, 1.82) is 0 Å². The Morgan fingerprint density at radius 3 is 2.51 bits per heavy atom. The minimum absolute atomic E-state index is 0.0306. The average Bonchev–Trinajstić information content (AvgIpc) is 3.50. The summed E-state index contributed by atoms with van der Waals surface area (Å²) in [5.74, 6) is 0.973. The van der Waals surface area contributed by atoms with Crippen LogP contribution in [0.5, 0.6) is 0 Å². The number of fused-ring (bicyclic) bond motifs is 2. The van der Waals surface area contributed by atoms with Gasteiger partial charge in [0.05, 0.1) is 5.69 Å². The van der Waals surface area contributed by atoms with Gasteiger partial charge in [-0.15, -0.1) is 0 Å². The van der Waals surface area contributed by atoms with Gasteiger partial charge in [-0.2, -0.15) is 0 Å². The second-order valence-corrected chi connectivity index (χ2v) is 11.1. The highest BCUT2D eigenvalue weighted by atomic mass is 19.1. The lowest BCUT2D eigenvalue weighted by Gasteiger charge is -2.42. The molecule has 1 aromatic carbocycles. The minimum atomic E-state index is -0.301. The largest absolute Gasteiger partial charge is 0.356 e. The number of rotatable bonds is 5. The fourth-order valence-electron chi connectivity index (χ4n) is 7.00. The van der Waals surface area contributed by atoms with Crippen LogP contribution in [-0.4, -0.2) is 70.6 Å². The standard InChI is InChI=1S/C27H35FN4O3/c28-21-7-8-23-24(14-21)35-29-26(23)18-9-12-30(13-10-18)16-19-4-1-2-5-20(19)17-32-25(33)15-22-6-3-11-31(22)27(32)34/h7-8,14,18-20,22H,1-6,9-13,15-17H2. The number of carbonyl (C=O) groups excluding carboxylic acids is 2. The smallest absolute Gasteiger partial charge is 0.326 e. The van der Waals surface area contributed by atoms with Gasteiger partial charge in [-0.1, -0.05) is 18.0 Å². The maximum absolute atomic E-state index is 13.5. The van der Waals surface area contributed by atoms with Crippen LogP contribution in [0.3, 0.4) is 0 Å². The number of carbonyl (C=O) groups is 2. The lowest BCUT2D eigenvalue weighted by atomic mass is 9.78. The Labute approximate surface area is 205 Å². The summed E-state index contributed by atoms with van der Waals surface area (Å²) in [4.78, 5) is 31.9. The summed E-state index contributed by atoms with van der Waals surface area (Å²) >= 11 is 0. The molecule has 4 aliphatic rings. The van der Waals surface area contributed by atoms with Gasteiger partial charge in [-0.25, -0.2) is 9.18 Å². The topological polar surface area (TPSA) is 69.9 Å². The van der Waals surface area contributed by atoms with Gasteiger partial charge in [0.2, 0.25) is 5.91 Å². The number of aromatic nitrogens is 1. The highest BCUT2D eigenvalue weighted by Crippen LogP contribution is 2.37. The monoisotopic (exact) mass is 482 g/mol. The summed E-state index contributed by atoms with van der Waals surface area (Å²) in [6.07, 6.45) is 9.19. The molecule has 3 amide bonds. The van der Waals surface area contributed by atoms with Crippen molar-refractivity contribution in [2.24, 2.45) is 11.8 Å². The van der Waals surface area contributed by atoms with E-state index in [1.807, 2.05) is 4.90 Å². The molecule has 1 saturated carbocycles. The molecular weight excluding hydrogens is 447 g/mol. The van der Waals surface area contributed by atoms with E-state index >= 15 is 0 Å². The predicted octanol–water partition coefficient (Wildman–Crippen LogP) is 4.77. The number of hydrogen-bond donors (Lipinski definition) is 0. The summed E-state index contributed by atoms with van der Waals surface area (Å²) in [6, 6.07) is 4.75. The third-order valence-corrected chi connectivity index (χ3v) is 8.98. The van der Waals surface area contributed by atoms with Crippen molar-refractivity contribution in [3.8, 4) is 0 Å². The molecule has 3 atom stereocenters. The first-order chi connectivity index (χ1) is 17.1.